The Balaban J connectivity index is 2.68. The van der Waals surface area contributed by atoms with Crippen molar-refractivity contribution in [3.63, 3.8) is 0 Å². The van der Waals surface area contributed by atoms with Crippen LogP contribution in [-0.4, -0.2) is 20.2 Å². The molecule has 0 fully saturated rings. The van der Waals surface area contributed by atoms with Crippen LogP contribution in [-0.2, 0) is 9.45 Å². The number of nitrogens with one attached hydrogen (secondary N) is 1. The van der Waals surface area contributed by atoms with Gasteiger partial charge in [-0.3, -0.25) is 5.41 Å². The summed E-state index contributed by atoms with van der Waals surface area (Å²) >= 11 is 0. The smallest absolute Gasteiger partial charge is 0.348 e. The lowest BCUT2D eigenvalue weighted by molar-refractivity contribution is -0.106. The maximum absolute atomic E-state index is 9.52. The average molecular weight is 98.9 g/mol. The van der Waals surface area contributed by atoms with Crippen LogP contribution in [0.3, 0.4) is 0 Å². The maximum atomic E-state index is 9.52. The Labute approximate surface area is 42.5 Å². The molecule has 0 radical (unpaired) electrons. The van der Waals surface area contributed by atoms with E-state index in [1.54, 1.807) is 0 Å². The molecule has 3 nitrogen and oxygen atoms in total. The summed E-state index contributed by atoms with van der Waals surface area (Å²) in [7, 11) is 0.326. The molecular weight excluding hydrogens is 92.8 g/mol. The highest BCUT2D eigenvalue weighted by atomic mass is 16.4. The highest BCUT2D eigenvalue weighted by molar-refractivity contribution is 6.33. The molecule has 4 heteroatoms. The zero-order chi connectivity index (χ0) is 5.54. The molecule has 0 aliphatic heterocycles. The molecule has 0 spiro atoms. The lowest BCUT2D eigenvalue weighted by Crippen LogP contribution is -1.94. The molecule has 0 heterocycles. The summed E-state index contributed by atoms with van der Waals surface area (Å²) in [6.07, 6.45) is 1.95. The molecule has 1 N–H and O–H groups in total. The van der Waals surface area contributed by atoms with Crippen LogP contribution in [0, 0.1) is 5.41 Å². The van der Waals surface area contributed by atoms with Gasteiger partial charge < -0.3 is 9.45 Å². The minimum absolute atomic E-state index is 0.326. The molecule has 0 bridgehead atoms. The highest BCUT2D eigenvalue weighted by Crippen LogP contribution is 1.67. The van der Waals surface area contributed by atoms with Crippen LogP contribution in [0.25, 0.3) is 0 Å². The number of aldehydes is 1. The minimum Gasteiger partial charge on any atom is -0.556 e. The standard InChI is InChI=1S/C3H6BNO2/c5-3-7-4-1-2-6/h2-5H,1H2. The van der Waals surface area contributed by atoms with E-state index in [-0.39, 0.29) is 0 Å². The topological polar surface area (TPSA) is 50.1 Å². The van der Waals surface area contributed by atoms with Crippen molar-refractivity contribution in [2.75, 3.05) is 0 Å². The SMILES string of the molecule is N=COBCC=O. The van der Waals surface area contributed by atoms with Crippen molar-refractivity contribution in [3.8, 4) is 0 Å². The van der Waals surface area contributed by atoms with E-state index in [4.69, 9.17) is 5.41 Å². The van der Waals surface area contributed by atoms with Gasteiger partial charge in [-0.25, -0.2) is 0 Å². The molecule has 38 valence electrons. The van der Waals surface area contributed by atoms with Crippen molar-refractivity contribution in [3.05, 3.63) is 0 Å². The van der Waals surface area contributed by atoms with Crippen molar-refractivity contribution in [2.45, 2.75) is 6.32 Å². The molecule has 0 atom stereocenters. The lowest BCUT2D eigenvalue weighted by Gasteiger charge is -1.86. The number of carbonyl (C=O) groups excluding carboxylic acids is 1. The third-order valence-corrected chi connectivity index (χ3v) is 0.437. The molecule has 0 aromatic rings. The van der Waals surface area contributed by atoms with Gasteiger partial charge in [0.15, 0.2) is 0 Å². The third kappa shape index (κ3) is 5.20. The molecule has 7 heavy (non-hydrogen) atoms. The first-order valence-corrected chi connectivity index (χ1v) is 1.96. The summed E-state index contributed by atoms with van der Waals surface area (Å²) in [6.45, 7) is 0. The van der Waals surface area contributed by atoms with Gasteiger partial charge in [0, 0.05) is 6.32 Å². The number of carbonyl (C=O) groups is 1. The predicted molar refractivity (Wildman–Crippen MR) is 27.9 cm³/mol. The third-order valence-electron chi connectivity index (χ3n) is 0.437. The Hall–Kier alpha value is -0.795. The van der Waals surface area contributed by atoms with Crippen LogP contribution in [0.15, 0.2) is 0 Å². The molecule has 0 amide bonds. The summed E-state index contributed by atoms with van der Waals surface area (Å²) < 4.78 is 4.38. The second-order valence-corrected chi connectivity index (χ2v) is 0.944. The van der Waals surface area contributed by atoms with Gasteiger partial charge in [0.2, 0.25) is 0 Å². The second kappa shape index (κ2) is 5.20. The molecule has 0 rings (SSSR count). The molecule has 0 aromatic heterocycles. The molecule has 0 aromatic carbocycles. The van der Waals surface area contributed by atoms with Gasteiger partial charge in [-0.15, -0.1) is 0 Å². The molecule has 0 aliphatic carbocycles. The van der Waals surface area contributed by atoms with Crippen molar-refractivity contribution in [2.24, 2.45) is 0 Å². The van der Waals surface area contributed by atoms with Crippen LogP contribution >= 0.6 is 0 Å². The largest absolute Gasteiger partial charge is 0.556 e. The van der Waals surface area contributed by atoms with Gasteiger partial charge in [-0.05, 0) is 0 Å². The lowest BCUT2D eigenvalue weighted by atomic mass is 9.97. The van der Waals surface area contributed by atoms with Gasteiger partial charge >= 0.3 is 7.48 Å². The first kappa shape index (κ1) is 6.20. The molecule has 0 unspecified atom stereocenters. The Bertz CT molecular complexity index is 58.0. The summed E-state index contributed by atoms with van der Waals surface area (Å²) in [4.78, 5) is 9.52. The van der Waals surface area contributed by atoms with Crippen molar-refractivity contribution < 1.29 is 9.45 Å². The van der Waals surface area contributed by atoms with Crippen molar-refractivity contribution >= 4 is 20.2 Å². The van der Waals surface area contributed by atoms with Gasteiger partial charge in [0.1, 0.15) is 12.7 Å². The monoisotopic (exact) mass is 99.0 g/mol. The second-order valence-electron chi connectivity index (χ2n) is 0.944. The molecule has 0 aliphatic rings. The fraction of sp³-hybridized carbons (Fsp3) is 0.333. The number of rotatable bonds is 4. The normalized spacial score (nSPS) is 6.86. The van der Waals surface area contributed by atoms with Crippen LogP contribution in [0.1, 0.15) is 0 Å². The Morgan fingerprint density at radius 2 is 2.57 bits per heavy atom. The maximum Gasteiger partial charge on any atom is 0.348 e. The fourth-order valence-corrected chi connectivity index (χ4v) is 0.175. The molecular formula is C3H6BNO2. The summed E-state index contributed by atoms with van der Waals surface area (Å²) in [6, 6.07) is 0. The van der Waals surface area contributed by atoms with Crippen LogP contribution in [0.4, 0.5) is 0 Å². The Morgan fingerprint density at radius 1 is 1.86 bits per heavy atom. The first-order chi connectivity index (χ1) is 3.41. The van der Waals surface area contributed by atoms with E-state index < -0.39 is 0 Å². The molecule has 0 saturated carbocycles. The van der Waals surface area contributed by atoms with Crippen LogP contribution in [0.2, 0.25) is 6.32 Å². The van der Waals surface area contributed by atoms with E-state index in [2.05, 4.69) is 4.65 Å². The zero-order valence-corrected chi connectivity index (χ0v) is 3.89. The van der Waals surface area contributed by atoms with E-state index in [1.807, 2.05) is 0 Å². The van der Waals surface area contributed by atoms with Gasteiger partial charge in [-0.1, -0.05) is 0 Å². The molecule has 0 saturated heterocycles. The van der Waals surface area contributed by atoms with Gasteiger partial charge in [0.05, 0.1) is 0 Å². The summed E-state index contributed by atoms with van der Waals surface area (Å²) in [5.41, 5.74) is 0. The van der Waals surface area contributed by atoms with Crippen molar-refractivity contribution in [1.29, 1.82) is 5.41 Å². The van der Waals surface area contributed by atoms with Gasteiger partial charge in [0.25, 0.3) is 0 Å². The average Bonchev–Trinajstić information content (AvgIpc) is 1.69. The van der Waals surface area contributed by atoms with E-state index in [1.165, 1.54) is 0 Å². The minimum atomic E-state index is 0.326. The Morgan fingerprint density at radius 3 is 3.00 bits per heavy atom. The van der Waals surface area contributed by atoms with Gasteiger partial charge in [-0.2, -0.15) is 0 Å². The van der Waals surface area contributed by atoms with Crippen LogP contribution in [0.5, 0.6) is 0 Å². The predicted octanol–water partition coefficient (Wildman–Crippen LogP) is -0.421. The van der Waals surface area contributed by atoms with E-state index in [0.717, 1.165) is 12.7 Å². The number of hydrogen-bond donors (Lipinski definition) is 1. The van der Waals surface area contributed by atoms with Crippen molar-refractivity contribution in [1.82, 2.24) is 0 Å². The summed E-state index contributed by atoms with van der Waals surface area (Å²) in [5, 5.41) is 6.32. The Kier molecular flexibility index (Phi) is 4.61. The van der Waals surface area contributed by atoms with E-state index >= 15 is 0 Å². The van der Waals surface area contributed by atoms with E-state index in [9.17, 15) is 4.79 Å². The van der Waals surface area contributed by atoms with Crippen LogP contribution < -0.4 is 0 Å². The fourth-order valence-electron chi connectivity index (χ4n) is 0.175. The highest BCUT2D eigenvalue weighted by Gasteiger charge is 1.83. The van der Waals surface area contributed by atoms with E-state index in [0.29, 0.717) is 13.8 Å². The first-order valence-electron chi connectivity index (χ1n) is 1.96. The summed E-state index contributed by atoms with van der Waals surface area (Å²) in [5.74, 6) is 0. The quantitative estimate of drug-likeness (QED) is 0.171. The number of hydrogen-bond acceptors (Lipinski definition) is 3. The zero-order valence-electron chi connectivity index (χ0n) is 3.89.